The van der Waals surface area contributed by atoms with Crippen molar-refractivity contribution in [2.24, 2.45) is 0 Å². The van der Waals surface area contributed by atoms with Gasteiger partial charge in [0.15, 0.2) is 0 Å². The molecule has 1 N–H and O–H groups in total. The zero-order valence-electron chi connectivity index (χ0n) is 17.2. The summed E-state index contributed by atoms with van der Waals surface area (Å²) in [6, 6.07) is 26.5. The Labute approximate surface area is 184 Å². The lowest BCUT2D eigenvalue weighted by Crippen LogP contribution is -2.22. The van der Waals surface area contributed by atoms with E-state index in [1.807, 2.05) is 30.3 Å². The van der Waals surface area contributed by atoms with E-state index in [0.717, 1.165) is 10.8 Å². The molecule has 5 aromatic rings. The molecular formula is C25H19N3O3S. The Bertz CT molecular complexity index is 1640. The van der Waals surface area contributed by atoms with Crippen LogP contribution in [-0.2, 0) is 10.0 Å². The predicted molar refractivity (Wildman–Crippen MR) is 127 cm³/mol. The molecule has 158 valence electrons. The van der Waals surface area contributed by atoms with Crippen molar-refractivity contribution < 1.29 is 8.42 Å². The highest BCUT2D eigenvalue weighted by Crippen LogP contribution is 2.22. The highest BCUT2D eigenvalue weighted by atomic mass is 32.2. The maximum atomic E-state index is 13.0. The van der Waals surface area contributed by atoms with Crippen LogP contribution >= 0.6 is 0 Å². The second-order valence-electron chi connectivity index (χ2n) is 7.48. The number of sulfonamides is 1. The van der Waals surface area contributed by atoms with Crippen LogP contribution in [0, 0.1) is 6.92 Å². The summed E-state index contributed by atoms with van der Waals surface area (Å²) in [7, 11) is -3.76. The lowest BCUT2D eigenvalue weighted by molar-refractivity contribution is 0.601. The first-order chi connectivity index (χ1) is 15.4. The van der Waals surface area contributed by atoms with Crippen molar-refractivity contribution in [1.29, 1.82) is 0 Å². The highest BCUT2D eigenvalue weighted by molar-refractivity contribution is 7.92. The normalized spacial score (nSPS) is 11.7. The van der Waals surface area contributed by atoms with E-state index in [1.165, 1.54) is 4.57 Å². The first-order valence-electron chi connectivity index (χ1n) is 10.0. The topological polar surface area (TPSA) is 81.1 Å². The summed E-state index contributed by atoms with van der Waals surface area (Å²) >= 11 is 0. The van der Waals surface area contributed by atoms with Crippen LogP contribution in [0.25, 0.3) is 27.4 Å². The Morgan fingerprint density at radius 1 is 0.812 bits per heavy atom. The maximum Gasteiger partial charge on any atom is 0.265 e. The van der Waals surface area contributed by atoms with Crippen LogP contribution in [0.3, 0.4) is 0 Å². The van der Waals surface area contributed by atoms with Crippen molar-refractivity contribution in [2.45, 2.75) is 11.8 Å². The summed E-state index contributed by atoms with van der Waals surface area (Å²) in [5, 5.41) is 2.35. The summed E-state index contributed by atoms with van der Waals surface area (Å²) in [6.45, 7) is 1.77. The Morgan fingerprint density at radius 2 is 1.50 bits per heavy atom. The SMILES string of the molecule is Cc1nc2ccccc2c(=O)n1-c1ccc(NS(=O)(=O)c2ccc3ccccc3c2)cc1. The lowest BCUT2D eigenvalue weighted by Gasteiger charge is -2.13. The molecule has 1 heterocycles. The van der Waals surface area contributed by atoms with Gasteiger partial charge in [-0.2, -0.15) is 0 Å². The lowest BCUT2D eigenvalue weighted by atomic mass is 10.1. The molecule has 0 bridgehead atoms. The molecule has 0 aliphatic heterocycles. The van der Waals surface area contributed by atoms with E-state index in [-0.39, 0.29) is 10.5 Å². The maximum absolute atomic E-state index is 13.0. The average molecular weight is 442 g/mol. The number of rotatable bonds is 4. The number of anilines is 1. The minimum absolute atomic E-state index is 0.169. The average Bonchev–Trinajstić information content (AvgIpc) is 2.79. The van der Waals surface area contributed by atoms with Gasteiger partial charge in [0, 0.05) is 5.69 Å². The molecule has 0 radical (unpaired) electrons. The number of hydrogen-bond donors (Lipinski definition) is 1. The Balaban J connectivity index is 1.47. The third-order valence-corrected chi connectivity index (χ3v) is 6.73. The van der Waals surface area contributed by atoms with Gasteiger partial charge in [0.2, 0.25) is 0 Å². The fourth-order valence-electron chi connectivity index (χ4n) is 3.77. The number of nitrogens with one attached hydrogen (secondary N) is 1. The Kier molecular flexibility index (Phi) is 4.75. The summed E-state index contributed by atoms with van der Waals surface area (Å²) < 4.78 is 29.9. The van der Waals surface area contributed by atoms with Crippen LogP contribution in [0.5, 0.6) is 0 Å². The van der Waals surface area contributed by atoms with Crippen LogP contribution in [0.4, 0.5) is 5.69 Å². The molecule has 4 aromatic carbocycles. The van der Waals surface area contributed by atoms with Crippen molar-refractivity contribution in [3.05, 3.63) is 107 Å². The second kappa shape index (κ2) is 7.62. The highest BCUT2D eigenvalue weighted by Gasteiger charge is 2.15. The van der Waals surface area contributed by atoms with Gasteiger partial charge in [0.05, 0.1) is 21.5 Å². The number of aryl methyl sites for hydroxylation is 1. The summed E-state index contributed by atoms with van der Waals surface area (Å²) in [5.41, 5.74) is 1.49. The molecule has 0 unspecified atom stereocenters. The van der Waals surface area contributed by atoms with Gasteiger partial charge in [-0.25, -0.2) is 13.4 Å². The quantitative estimate of drug-likeness (QED) is 0.440. The van der Waals surface area contributed by atoms with Crippen LogP contribution in [-0.4, -0.2) is 18.0 Å². The van der Waals surface area contributed by atoms with Gasteiger partial charge in [-0.05, 0) is 66.2 Å². The molecule has 0 atom stereocenters. The molecule has 0 saturated heterocycles. The molecule has 0 saturated carbocycles. The summed E-state index contributed by atoms with van der Waals surface area (Å²) in [6.07, 6.45) is 0. The first kappa shape index (κ1) is 20.0. The molecule has 6 nitrogen and oxygen atoms in total. The van der Waals surface area contributed by atoms with Gasteiger partial charge in [-0.3, -0.25) is 14.1 Å². The smallest absolute Gasteiger partial charge is 0.265 e. The summed E-state index contributed by atoms with van der Waals surface area (Å²) in [4.78, 5) is 17.7. The minimum Gasteiger partial charge on any atom is -0.280 e. The van der Waals surface area contributed by atoms with Crippen molar-refractivity contribution in [3.63, 3.8) is 0 Å². The molecule has 0 fully saturated rings. The number of fused-ring (bicyclic) bond motifs is 2. The van der Waals surface area contributed by atoms with Crippen LogP contribution in [0.2, 0.25) is 0 Å². The fourth-order valence-corrected chi connectivity index (χ4v) is 4.87. The molecule has 5 rings (SSSR count). The van der Waals surface area contributed by atoms with Gasteiger partial charge >= 0.3 is 0 Å². The van der Waals surface area contributed by atoms with Crippen molar-refractivity contribution in [1.82, 2.24) is 9.55 Å². The van der Waals surface area contributed by atoms with Gasteiger partial charge in [-0.15, -0.1) is 0 Å². The van der Waals surface area contributed by atoms with Gasteiger partial charge < -0.3 is 0 Å². The number of aromatic nitrogens is 2. The van der Waals surface area contributed by atoms with E-state index in [2.05, 4.69) is 9.71 Å². The monoisotopic (exact) mass is 441 g/mol. The van der Waals surface area contributed by atoms with Crippen LogP contribution in [0.15, 0.2) is 101 Å². The third kappa shape index (κ3) is 3.52. The number of benzene rings is 4. The standard InChI is InChI=1S/C25H19N3O3S/c1-17-26-24-9-5-4-8-23(24)25(29)28(17)21-13-11-20(12-14-21)27-32(30,31)22-15-10-18-6-2-3-7-19(18)16-22/h2-16,27H,1H3. The molecule has 1 aromatic heterocycles. The number of nitrogens with zero attached hydrogens (tertiary/aromatic N) is 2. The first-order valence-corrected chi connectivity index (χ1v) is 11.5. The van der Waals surface area contributed by atoms with E-state index in [4.69, 9.17) is 0 Å². The van der Waals surface area contributed by atoms with Crippen molar-refractivity contribution >= 4 is 37.4 Å². The number of para-hydroxylation sites is 1. The van der Waals surface area contributed by atoms with Crippen LogP contribution in [0.1, 0.15) is 5.82 Å². The van der Waals surface area contributed by atoms with E-state index >= 15 is 0 Å². The Morgan fingerprint density at radius 3 is 2.28 bits per heavy atom. The largest absolute Gasteiger partial charge is 0.280 e. The fraction of sp³-hybridized carbons (Fsp3) is 0.0400. The van der Waals surface area contributed by atoms with E-state index < -0.39 is 10.0 Å². The van der Waals surface area contributed by atoms with E-state index in [9.17, 15) is 13.2 Å². The van der Waals surface area contributed by atoms with Crippen molar-refractivity contribution in [3.8, 4) is 5.69 Å². The zero-order valence-corrected chi connectivity index (χ0v) is 18.0. The molecular weight excluding hydrogens is 422 g/mol. The number of hydrogen-bond acceptors (Lipinski definition) is 4. The van der Waals surface area contributed by atoms with Gasteiger partial charge in [0.1, 0.15) is 5.82 Å². The molecule has 0 aliphatic carbocycles. The minimum atomic E-state index is -3.76. The van der Waals surface area contributed by atoms with Gasteiger partial charge in [-0.1, -0.05) is 42.5 Å². The molecule has 0 amide bonds. The summed E-state index contributed by atoms with van der Waals surface area (Å²) in [5.74, 6) is 0.554. The van der Waals surface area contributed by atoms with E-state index in [0.29, 0.717) is 28.1 Å². The molecule has 7 heteroatoms. The zero-order chi connectivity index (χ0) is 22.3. The third-order valence-electron chi connectivity index (χ3n) is 5.35. The van der Waals surface area contributed by atoms with Crippen molar-refractivity contribution in [2.75, 3.05) is 4.72 Å². The second-order valence-corrected chi connectivity index (χ2v) is 9.16. The van der Waals surface area contributed by atoms with E-state index in [1.54, 1.807) is 67.6 Å². The molecule has 0 aliphatic rings. The molecule has 32 heavy (non-hydrogen) atoms. The Hall–Kier alpha value is -3.97. The van der Waals surface area contributed by atoms with Crippen LogP contribution < -0.4 is 10.3 Å². The molecule has 0 spiro atoms. The van der Waals surface area contributed by atoms with Gasteiger partial charge in [0.25, 0.3) is 15.6 Å². The predicted octanol–water partition coefficient (Wildman–Crippen LogP) is 4.65.